The molecular formula is C15H18N2. The predicted octanol–water partition coefficient (Wildman–Crippen LogP) is 3.13. The third-order valence-electron chi connectivity index (χ3n) is 3.73. The summed E-state index contributed by atoms with van der Waals surface area (Å²) in [7, 11) is 0. The maximum Gasteiger partial charge on any atom is 0.121 e. The SMILES string of the molecule is N#CC(NCC1CC1)c1cccc(C2CC2)c1. The van der Waals surface area contributed by atoms with Crippen molar-refractivity contribution in [3.05, 3.63) is 35.4 Å². The Morgan fingerprint density at radius 3 is 2.76 bits per heavy atom. The van der Waals surface area contributed by atoms with Crippen LogP contribution in [0, 0.1) is 17.2 Å². The third-order valence-corrected chi connectivity index (χ3v) is 3.73. The Morgan fingerprint density at radius 2 is 2.12 bits per heavy atom. The van der Waals surface area contributed by atoms with Gasteiger partial charge in [-0.15, -0.1) is 0 Å². The summed E-state index contributed by atoms with van der Waals surface area (Å²) in [4.78, 5) is 0. The molecule has 0 aromatic heterocycles. The Labute approximate surface area is 103 Å². The first-order chi connectivity index (χ1) is 8.36. The first-order valence-corrected chi connectivity index (χ1v) is 6.59. The predicted molar refractivity (Wildman–Crippen MR) is 67.5 cm³/mol. The van der Waals surface area contributed by atoms with Gasteiger partial charge in [0.1, 0.15) is 6.04 Å². The summed E-state index contributed by atoms with van der Waals surface area (Å²) in [5.41, 5.74) is 2.55. The molecule has 88 valence electrons. The van der Waals surface area contributed by atoms with Crippen molar-refractivity contribution in [3.8, 4) is 6.07 Å². The Hall–Kier alpha value is -1.33. The summed E-state index contributed by atoms with van der Waals surface area (Å²) in [6, 6.07) is 10.8. The first kappa shape index (κ1) is 10.8. The molecule has 0 aliphatic heterocycles. The average molecular weight is 226 g/mol. The first-order valence-electron chi connectivity index (χ1n) is 6.59. The molecule has 0 heterocycles. The normalized spacial score (nSPS) is 20.9. The highest BCUT2D eigenvalue weighted by Gasteiger charge is 2.25. The molecule has 2 aliphatic rings. The van der Waals surface area contributed by atoms with E-state index in [2.05, 4.69) is 35.7 Å². The van der Waals surface area contributed by atoms with E-state index >= 15 is 0 Å². The molecule has 0 bridgehead atoms. The van der Waals surface area contributed by atoms with Gasteiger partial charge in [-0.3, -0.25) is 5.32 Å². The fourth-order valence-corrected chi connectivity index (χ4v) is 2.25. The van der Waals surface area contributed by atoms with E-state index in [1.165, 1.54) is 31.2 Å². The fourth-order valence-electron chi connectivity index (χ4n) is 2.25. The number of nitrogens with one attached hydrogen (secondary N) is 1. The molecule has 0 radical (unpaired) electrons. The minimum absolute atomic E-state index is 0.130. The van der Waals surface area contributed by atoms with Crippen LogP contribution in [0.15, 0.2) is 24.3 Å². The van der Waals surface area contributed by atoms with Crippen molar-refractivity contribution >= 4 is 0 Å². The van der Waals surface area contributed by atoms with Gasteiger partial charge in [0, 0.05) is 0 Å². The van der Waals surface area contributed by atoms with E-state index in [4.69, 9.17) is 0 Å². The zero-order valence-electron chi connectivity index (χ0n) is 10.0. The summed E-state index contributed by atoms with van der Waals surface area (Å²) in [6.07, 6.45) is 5.28. The number of nitrogens with zero attached hydrogens (tertiary/aromatic N) is 1. The summed E-state index contributed by atoms with van der Waals surface area (Å²) in [6.45, 7) is 0.992. The van der Waals surface area contributed by atoms with Crippen molar-refractivity contribution in [1.82, 2.24) is 5.32 Å². The van der Waals surface area contributed by atoms with Gasteiger partial charge >= 0.3 is 0 Å². The number of benzene rings is 1. The van der Waals surface area contributed by atoms with Gasteiger partial charge in [0.05, 0.1) is 6.07 Å². The molecular weight excluding hydrogens is 208 g/mol. The smallest absolute Gasteiger partial charge is 0.121 e. The second-order valence-electron chi connectivity index (χ2n) is 5.36. The van der Waals surface area contributed by atoms with Crippen LogP contribution in [0.3, 0.4) is 0 Å². The van der Waals surface area contributed by atoms with Crippen LogP contribution < -0.4 is 5.32 Å². The van der Waals surface area contributed by atoms with E-state index in [-0.39, 0.29) is 6.04 Å². The summed E-state index contributed by atoms with van der Waals surface area (Å²) >= 11 is 0. The van der Waals surface area contributed by atoms with E-state index in [1.807, 2.05) is 0 Å². The van der Waals surface area contributed by atoms with E-state index in [1.54, 1.807) is 0 Å². The summed E-state index contributed by atoms with van der Waals surface area (Å²) in [5.74, 6) is 1.58. The van der Waals surface area contributed by atoms with Crippen molar-refractivity contribution in [2.75, 3.05) is 6.54 Å². The number of nitriles is 1. The molecule has 2 nitrogen and oxygen atoms in total. The van der Waals surface area contributed by atoms with Gasteiger partial charge in [-0.2, -0.15) is 5.26 Å². The molecule has 3 rings (SSSR count). The number of hydrogen-bond donors (Lipinski definition) is 1. The van der Waals surface area contributed by atoms with Crippen LogP contribution >= 0.6 is 0 Å². The van der Waals surface area contributed by atoms with Crippen LogP contribution in [0.1, 0.15) is 48.8 Å². The highest BCUT2D eigenvalue weighted by atomic mass is 14.9. The molecule has 2 fully saturated rings. The zero-order chi connectivity index (χ0) is 11.7. The van der Waals surface area contributed by atoms with Crippen LogP contribution in [0.4, 0.5) is 0 Å². The van der Waals surface area contributed by atoms with E-state index in [0.29, 0.717) is 0 Å². The van der Waals surface area contributed by atoms with Crippen molar-refractivity contribution in [1.29, 1.82) is 5.26 Å². The van der Waals surface area contributed by atoms with Gasteiger partial charge in [-0.25, -0.2) is 0 Å². The number of rotatable bonds is 5. The monoisotopic (exact) mass is 226 g/mol. The van der Waals surface area contributed by atoms with Crippen molar-refractivity contribution < 1.29 is 0 Å². The molecule has 1 atom stereocenters. The lowest BCUT2D eigenvalue weighted by Gasteiger charge is -2.12. The molecule has 0 spiro atoms. The van der Waals surface area contributed by atoms with Crippen LogP contribution in [-0.4, -0.2) is 6.54 Å². The van der Waals surface area contributed by atoms with Crippen molar-refractivity contribution in [3.63, 3.8) is 0 Å². The van der Waals surface area contributed by atoms with Gasteiger partial charge in [-0.1, -0.05) is 24.3 Å². The second-order valence-corrected chi connectivity index (χ2v) is 5.36. The highest BCUT2D eigenvalue weighted by molar-refractivity contribution is 5.33. The lowest BCUT2D eigenvalue weighted by atomic mass is 10.0. The Morgan fingerprint density at radius 1 is 1.29 bits per heavy atom. The summed E-state index contributed by atoms with van der Waals surface area (Å²) in [5, 5.41) is 12.6. The molecule has 2 saturated carbocycles. The zero-order valence-corrected chi connectivity index (χ0v) is 10.0. The van der Waals surface area contributed by atoms with Crippen LogP contribution in [0.25, 0.3) is 0 Å². The van der Waals surface area contributed by atoms with Crippen LogP contribution in [-0.2, 0) is 0 Å². The van der Waals surface area contributed by atoms with Gasteiger partial charge in [0.25, 0.3) is 0 Å². The molecule has 1 aromatic rings. The summed E-state index contributed by atoms with van der Waals surface area (Å²) < 4.78 is 0. The molecule has 1 unspecified atom stereocenters. The largest absolute Gasteiger partial charge is 0.298 e. The molecule has 1 aromatic carbocycles. The van der Waals surface area contributed by atoms with Gasteiger partial charge in [-0.05, 0) is 55.2 Å². The quantitative estimate of drug-likeness (QED) is 0.837. The van der Waals surface area contributed by atoms with Gasteiger partial charge in [0.15, 0.2) is 0 Å². The van der Waals surface area contributed by atoms with Gasteiger partial charge < -0.3 is 0 Å². The molecule has 17 heavy (non-hydrogen) atoms. The topological polar surface area (TPSA) is 35.8 Å². The second kappa shape index (κ2) is 4.50. The molecule has 1 N–H and O–H groups in total. The Balaban J connectivity index is 1.70. The minimum Gasteiger partial charge on any atom is -0.298 e. The third kappa shape index (κ3) is 2.68. The lowest BCUT2D eigenvalue weighted by Crippen LogP contribution is -2.22. The maximum atomic E-state index is 9.25. The Kier molecular flexibility index (Phi) is 2.86. The highest BCUT2D eigenvalue weighted by Crippen LogP contribution is 2.40. The fraction of sp³-hybridized carbons (Fsp3) is 0.533. The van der Waals surface area contributed by atoms with E-state index in [9.17, 15) is 5.26 Å². The standard InChI is InChI=1S/C15H18N2/c16-9-15(17-10-11-4-5-11)14-3-1-2-13(8-14)12-6-7-12/h1-3,8,11-12,15,17H,4-7,10H2. The molecule has 0 amide bonds. The lowest BCUT2D eigenvalue weighted by molar-refractivity contribution is 0.592. The van der Waals surface area contributed by atoms with E-state index in [0.717, 1.165) is 23.9 Å². The minimum atomic E-state index is -0.130. The molecule has 0 saturated heterocycles. The maximum absolute atomic E-state index is 9.25. The average Bonchev–Trinajstić information content (AvgIpc) is 3.23. The van der Waals surface area contributed by atoms with Gasteiger partial charge in [0.2, 0.25) is 0 Å². The van der Waals surface area contributed by atoms with Crippen LogP contribution in [0.2, 0.25) is 0 Å². The Bertz CT molecular complexity index is 438. The molecule has 2 heteroatoms. The van der Waals surface area contributed by atoms with Crippen molar-refractivity contribution in [2.45, 2.75) is 37.6 Å². The van der Waals surface area contributed by atoms with Crippen molar-refractivity contribution in [2.24, 2.45) is 5.92 Å². The van der Waals surface area contributed by atoms with Crippen LogP contribution in [0.5, 0.6) is 0 Å². The number of hydrogen-bond acceptors (Lipinski definition) is 2. The molecule has 2 aliphatic carbocycles. The van der Waals surface area contributed by atoms with E-state index < -0.39 is 0 Å².